The van der Waals surface area contributed by atoms with Crippen molar-refractivity contribution in [3.63, 3.8) is 0 Å². The maximum atomic E-state index is 11.7. The molecule has 27 heavy (non-hydrogen) atoms. The van der Waals surface area contributed by atoms with Crippen LogP contribution >= 0.6 is 0 Å². The topological polar surface area (TPSA) is 117 Å². The fraction of sp³-hybridized carbons (Fsp3) is 0. The van der Waals surface area contributed by atoms with Crippen molar-refractivity contribution in [3.05, 3.63) is 54.1 Å². The summed E-state index contributed by atoms with van der Waals surface area (Å²) in [5.74, 6) is -1.05. The second-order valence-corrected chi connectivity index (χ2v) is 7.70. The molecular formula is C19H10N2O5S. The molecule has 4 aromatic rings. The van der Waals surface area contributed by atoms with Gasteiger partial charge in [-0.3, -0.25) is 4.55 Å². The molecule has 0 bridgehead atoms. The van der Waals surface area contributed by atoms with E-state index < -0.39 is 16.1 Å². The van der Waals surface area contributed by atoms with E-state index in [1.54, 1.807) is 18.2 Å². The van der Waals surface area contributed by atoms with Gasteiger partial charge in [-0.2, -0.15) is 8.42 Å². The van der Waals surface area contributed by atoms with Crippen molar-refractivity contribution in [2.24, 2.45) is 0 Å². The first-order valence-electron chi connectivity index (χ1n) is 7.93. The molecule has 0 amide bonds. The minimum absolute atomic E-state index is 0.110. The van der Waals surface area contributed by atoms with Crippen molar-refractivity contribution >= 4 is 37.9 Å². The third-order valence-corrected chi connectivity index (χ3v) is 5.50. The minimum atomic E-state index is -4.38. The predicted molar refractivity (Wildman–Crippen MR) is 98.2 cm³/mol. The number of nitrogens with zero attached hydrogens (tertiary/aromatic N) is 2. The molecule has 8 heteroatoms. The summed E-state index contributed by atoms with van der Waals surface area (Å²) in [6.07, 6.45) is 0. The van der Waals surface area contributed by atoms with Gasteiger partial charge in [0.25, 0.3) is 10.1 Å². The monoisotopic (exact) mass is 378 g/mol. The summed E-state index contributed by atoms with van der Waals surface area (Å²) in [4.78, 5) is 20.2. The van der Waals surface area contributed by atoms with E-state index in [0.29, 0.717) is 33.4 Å². The largest absolute Gasteiger partial charge is 0.478 e. The van der Waals surface area contributed by atoms with Crippen LogP contribution in [-0.4, -0.2) is 34.0 Å². The van der Waals surface area contributed by atoms with E-state index in [0.717, 1.165) is 10.9 Å². The zero-order chi connectivity index (χ0) is 18.9. The van der Waals surface area contributed by atoms with Crippen molar-refractivity contribution in [1.29, 1.82) is 0 Å². The first-order valence-corrected chi connectivity index (χ1v) is 9.37. The Morgan fingerprint density at radius 1 is 0.889 bits per heavy atom. The summed E-state index contributed by atoms with van der Waals surface area (Å²) >= 11 is 0. The Balaban J connectivity index is 1.89. The van der Waals surface area contributed by atoms with Gasteiger partial charge in [0.2, 0.25) is 0 Å². The van der Waals surface area contributed by atoms with Gasteiger partial charge in [0.1, 0.15) is 0 Å². The molecule has 132 valence electrons. The summed E-state index contributed by atoms with van der Waals surface area (Å²) < 4.78 is 32.8. The zero-order valence-corrected chi connectivity index (χ0v) is 14.4. The van der Waals surface area contributed by atoms with Crippen LogP contribution in [0.25, 0.3) is 44.3 Å². The fourth-order valence-corrected chi connectivity index (χ4v) is 4.04. The third kappa shape index (κ3) is 2.24. The number of fused-ring (bicyclic) bond motifs is 4. The average Bonchev–Trinajstić information content (AvgIpc) is 2.93. The Labute approximate surface area is 152 Å². The lowest BCUT2D eigenvalue weighted by atomic mass is 10.0. The lowest BCUT2D eigenvalue weighted by Gasteiger charge is -2.05. The molecular weight excluding hydrogens is 368 g/mol. The molecule has 1 heterocycles. The minimum Gasteiger partial charge on any atom is -0.478 e. The van der Waals surface area contributed by atoms with Crippen molar-refractivity contribution in [3.8, 4) is 22.5 Å². The maximum Gasteiger partial charge on any atom is 0.335 e. The summed E-state index contributed by atoms with van der Waals surface area (Å²) in [5, 5.41) is 10.6. The summed E-state index contributed by atoms with van der Waals surface area (Å²) in [6, 6.07) is 12.6. The van der Waals surface area contributed by atoms with E-state index in [1.165, 1.54) is 24.3 Å². The maximum absolute atomic E-state index is 11.7. The molecule has 7 nitrogen and oxygen atoms in total. The van der Waals surface area contributed by atoms with Crippen LogP contribution in [0, 0.1) is 0 Å². The van der Waals surface area contributed by atoms with Gasteiger partial charge >= 0.3 is 5.97 Å². The van der Waals surface area contributed by atoms with Gasteiger partial charge in [-0.15, -0.1) is 0 Å². The number of rotatable bonds is 2. The molecule has 1 aromatic heterocycles. The molecule has 1 aliphatic rings. The van der Waals surface area contributed by atoms with E-state index in [1.807, 2.05) is 6.07 Å². The number of aromatic nitrogens is 2. The van der Waals surface area contributed by atoms with E-state index in [2.05, 4.69) is 9.97 Å². The third-order valence-electron chi connectivity index (χ3n) is 4.67. The van der Waals surface area contributed by atoms with Crippen LogP contribution in [0.3, 0.4) is 0 Å². The second kappa shape index (κ2) is 5.09. The van der Waals surface area contributed by atoms with Gasteiger partial charge in [-0.05, 0) is 35.7 Å². The number of hydrogen-bond acceptors (Lipinski definition) is 5. The highest BCUT2D eigenvalue weighted by Crippen LogP contribution is 2.46. The first-order chi connectivity index (χ1) is 12.8. The summed E-state index contributed by atoms with van der Waals surface area (Å²) in [5.41, 5.74) is 3.46. The number of benzene rings is 3. The number of hydrogen-bond donors (Lipinski definition) is 2. The van der Waals surface area contributed by atoms with Gasteiger partial charge in [-0.25, -0.2) is 14.8 Å². The molecule has 2 N–H and O–H groups in total. The van der Waals surface area contributed by atoms with Gasteiger partial charge < -0.3 is 5.11 Å². The fourth-order valence-electron chi connectivity index (χ4n) is 3.50. The van der Waals surface area contributed by atoms with E-state index in [9.17, 15) is 22.9 Å². The number of carboxylic acids is 1. The highest BCUT2D eigenvalue weighted by Gasteiger charge is 2.27. The van der Waals surface area contributed by atoms with Gasteiger partial charge in [0, 0.05) is 16.5 Å². The van der Waals surface area contributed by atoms with Gasteiger partial charge in [-0.1, -0.05) is 18.2 Å². The molecule has 0 saturated heterocycles. The summed E-state index contributed by atoms with van der Waals surface area (Å²) in [7, 11) is -4.38. The molecule has 1 aliphatic carbocycles. The van der Waals surface area contributed by atoms with Crippen LogP contribution in [-0.2, 0) is 10.1 Å². The van der Waals surface area contributed by atoms with Gasteiger partial charge in [0.05, 0.1) is 32.9 Å². The standard InChI is InChI=1S/C19H10N2O5S/c22-19(23)10-4-5-14-15(7-10)21-17-12-3-1-2-9-6-11(27(24,25)26)8-13(16(9)12)18(17)20-14/h1-8H,(H,22,23)(H,24,25,26). The van der Waals surface area contributed by atoms with E-state index in [-0.39, 0.29) is 10.5 Å². The molecule has 5 rings (SSSR count). The highest BCUT2D eigenvalue weighted by atomic mass is 32.2. The number of aromatic carboxylic acids is 1. The Morgan fingerprint density at radius 3 is 2.37 bits per heavy atom. The second-order valence-electron chi connectivity index (χ2n) is 6.28. The van der Waals surface area contributed by atoms with Crippen LogP contribution in [0.1, 0.15) is 10.4 Å². The molecule has 3 aromatic carbocycles. The van der Waals surface area contributed by atoms with Crippen LogP contribution in [0.4, 0.5) is 0 Å². The lowest BCUT2D eigenvalue weighted by Crippen LogP contribution is -1.99. The van der Waals surface area contributed by atoms with Crippen LogP contribution in [0.2, 0.25) is 0 Å². The van der Waals surface area contributed by atoms with Crippen molar-refractivity contribution in [2.45, 2.75) is 4.90 Å². The van der Waals surface area contributed by atoms with Gasteiger partial charge in [0.15, 0.2) is 0 Å². The van der Waals surface area contributed by atoms with Crippen molar-refractivity contribution in [1.82, 2.24) is 9.97 Å². The van der Waals surface area contributed by atoms with E-state index >= 15 is 0 Å². The zero-order valence-electron chi connectivity index (χ0n) is 13.5. The Morgan fingerprint density at radius 2 is 1.63 bits per heavy atom. The normalized spacial score (nSPS) is 12.5. The molecule has 0 fully saturated rings. The molecule has 0 radical (unpaired) electrons. The molecule has 0 atom stereocenters. The van der Waals surface area contributed by atoms with E-state index in [4.69, 9.17) is 0 Å². The van der Waals surface area contributed by atoms with Crippen molar-refractivity contribution in [2.75, 3.05) is 0 Å². The Kier molecular flexibility index (Phi) is 2.99. The Hall–Kier alpha value is -3.36. The molecule has 0 saturated carbocycles. The quantitative estimate of drug-likeness (QED) is 0.452. The van der Waals surface area contributed by atoms with Crippen molar-refractivity contribution < 1.29 is 22.9 Å². The number of carboxylic acid groups (broad SMARTS) is 1. The molecule has 0 spiro atoms. The first kappa shape index (κ1) is 15.9. The average molecular weight is 378 g/mol. The smallest absolute Gasteiger partial charge is 0.335 e. The van der Waals surface area contributed by atoms with Crippen LogP contribution in [0.15, 0.2) is 53.4 Å². The van der Waals surface area contributed by atoms with Crippen LogP contribution in [0.5, 0.6) is 0 Å². The predicted octanol–water partition coefficient (Wildman–Crippen LogP) is 3.38. The van der Waals surface area contributed by atoms with Crippen LogP contribution < -0.4 is 0 Å². The highest BCUT2D eigenvalue weighted by molar-refractivity contribution is 7.85. The number of carbonyl (C=O) groups is 1. The lowest BCUT2D eigenvalue weighted by molar-refractivity contribution is 0.0697. The summed E-state index contributed by atoms with van der Waals surface area (Å²) in [6.45, 7) is 0. The SMILES string of the molecule is O=C(O)c1ccc2nc3c(nc2c1)-c1cccc2cc(S(=O)(=O)O)cc-3c12. The molecule has 0 unspecified atom stereocenters. The molecule has 0 aliphatic heterocycles. The Bertz CT molecular complexity index is 1430.